The van der Waals surface area contributed by atoms with Crippen molar-refractivity contribution in [3.05, 3.63) is 139 Å². The predicted octanol–water partition coefficient (Wildman–Crippen LogP) is 8.64. The minimum Gasteiger partial charge on any atom is -0.300 e. The zero-order valence-corrected chi connectivity index (χ0v) is 21.5. The van der Waals surface area contributed by atoms with Gasteiger partial charge in [-0.3, -0.25) is 0 Å². The minimum absolute atomic E-state index is 0.486. The Balaban J connectivity index is 1.60. The van der Waals surface area contributed by atoms with Gasteiger partial charge in [-0.05, 0) is 41.0 Å². The largest absolute Gasteiger partial charge is 0.300 e. The molecule has 0 spiro atoms. The maximum atomic E-state index is 8.31. The monoisotopic (exact) mass is 502 g/mol. The topological polar surface area (TPSA) is 62.5 Å². The molecule has 6 aromatic rings. The van der Waals surface area contributed by atoms with Crippen molar-refractivity contribution in [1.29, 1.82) is 5.41 Å². The van der Waals surface area contributed by atoms with Crippen LogP contribution in [0.25, 0.3) is 56.1 Å². The summed E-state index contributed by atoms with van der Waals surface area (Å²) >= 11 is 0. The Hall–Kier alpha value is -5.22. The average Bonchev–Trinajstić information content (AvgIpc) is 3.01. The lowest BCUT2D eigenvalue weighted by Crippen LogP contribution is -2.01. The third-order valence-corrected chi connectivity index (χ3v) is 6.69. The summed E-state index contributed by atoms with van der Waals surface area (Å²) in [5, 5.41) is 10.6. The standard InChI is InChI=1S/C35H26N4/c1-2-11-31(36)25-18-20-26(21-19-25)32-29-17-10-9-12-24(29)22-23-30(32)35-38-33(27-13-5-3-6-14-27)37-34(39-35)28-15-7-4-8-16-28/h2-23,36H,1H3/b11-2-,36-31?. The molecule has 186 valence electrons. The van der Waals surface area contributed by atoms with Crippen LogP contribution in [0.1, 0.15) is 12.5 Å². The van der Waals surface area contributed by atoms with Crippen molar-refractivity contribution in [2.45, 2.75) is 6.92 Å². The molecule has 0 aliphatic carbocycles. The highest BCUT2D eigenvalue weighted by Crippen LogP contribution is 2.38. The maximum Gasteiger partial charge on any atom is 0.164 e. The van der Waals surface area contributed by atoms with Gasteiger partial charge in [-0.2, -0.15) is 0 Å². The summed E-state index contributed by atoms with van der Waals surface area (Å²) < 4.78 is 0. The van der Waals surface area contributed by atoms with Crippen molar-refractivity contribution < 1.29 is 0 Å². The van der Waals surface area contributed by atoms with E-state index in [1.54, 1.807) is 6.08 Å². The van der Waals surface area contributed by atoms with Crippen LogP contribution in [0.4, 0.5) is 0 Å². The molecule has 5 aromatic carbocycles. The highest BCUT2D eigenvalue weighted by atomic mass is 15.0. The van der Waals surface area contributed by atoms with Crippen LogP contribution >= 0.6 is 0 Å². The zero-order valence-electron chi connectivity index (χ0n) is 21.5. The smallest absolute Gasteiger partial charge is 0.164 e. The molecule has 1 N–H and O–H groups in total. The predicted molar refractivity (Wildman–Crippen MR) is 161 cm³/mol. The number of aromatic nitrogens is 3. The first-order chi connectivity index (χ1) is 19.2. The molecular weight excluding hydrogens is 476 g/mol. The minimum atomic E-state index is 0.486. The molecule has 0 aliphatic rings. The lowest BCUT2D eigenvalue weighted by Gasteiger charge is -2.15. The number of fused-ring (bicyclic) bond motifs is 1. The summed E-state index contributed by atoms with van der Waals surface area (Å²) in [6.07, 6.45) is 3.69. The maximum absolute atomic E-state index is 8.31. The van der Waals surface area contributed by atoms with E-state index in [9.17, 15) is 0 Å². The SMILES string of the molecule is C/C=C\C(=N)c1ccc(-c2c(-c3nc(-c4ccccc4)nc(-c4ccccc4)n3)ccc3ccccc23)cc1. The van der Waals surface area contributed by atoms with E-state index in [0.29, 0.717) is 23.2 Å². The molecular formula is C35H26N4. The van der Waals surface area contributed by atoms with Crippen LogP contribution in [0.15, 0.2) is 133 Å². The molecule has 0 aliphatic heterocycles. The normalized spacial score (nSPS) is 11.2. The van der Waals surface area contributed by atoms with Crippen molar-refractivity contribution in [2.24, 2.45) is 0 Å². The number of hydrogen-bond donors (Lipinski definition) is 1. The second-order valence-electron chi connectivity index (χ2n) is 9.24. The van der Waals surface area contributed by atoms with Crippen LogP contribution in [-0.2, 0) is 0 Å². The van der Waals surface area contributed by atoms with Gasteiger partial charge in [0.2, 0.25) is 0 Å². The van der Waals surface area contributed by atoms with E-state index in [4.69, 9.17) is 20.4 Å². The van der Waals surface area contributed by atoms with Gasteiger partial charge >= 0.3 is 0 Å². The first-order valence-corrected chi connectivity index (χ1v) is 12.9. The number of nitrogens with one attached hydrogen (secondary N) is 1. The lowest BCUT2D eigenvalue weighted by atomic mass is 9.92. The number of allylic oxidation sites excluding steroid dienone is 2. The number of benzene rings is 5. The molecule has 0 saturated carbocycles. The number of hydrogen-bond acceptors (Lipinski definition) is 4. The molecule has 0 bridgehead atoms. The average molecular weight is 503 g/mol. The summed E-state index contributed by atoms with van der Waals surface area (Å²) in [5.41, 5.74) is 6.26. The molecule has 0 amide bonds. The fourth-order valence-electron chi connectivity index (χ4n) is 4.78. The van der Waals surface area contributed by atoms with Gasteiger partial charge in [-0.25, -0.2) is 15.0 Å². The summed E-state index contributed by atoms with van der Waals surface area (Å²) in [4.78, 5) is 14.9. The van der Waals surface area contributed by atoms with E-state index in [2.05, 4.69) is 48.5 Å². The molecule has 0 saturated heterocycles. The molecule has 1 heterocycles. The van der Waals surface area contributed by atoms with E-state index in [0.717, 1.165) is 44.2 Å². The molecule has 6 rings (SSSR count). The first-order valence-electron chi connectivity index (χ1n) is 12.9. The molecule has 39 heavy (non-hydrogen) atoms. The Bertz CT molecular complexity index is 1750. The van der Waals surface area contributed by atoms with Gasteiger partial charge in [-0.1, -0.05) is 121 Å². The molecule has 4 nitrogen and oxygen atoms in total. The van der Waals surface area contributed by atoms with Gasteiger partial charge < -0.3 is 5.41 Å². The Morgan fingerprint density at radius 1 is 0.564 bits per heavy atom. The van der Waals surface area contributed by atoms with Crippen LogP contribution in [0.5, 0.6) is 0 Å². The Morgan fingerprint density at radius 3 is 1.74 bits per heavy atom. The fraction of sp³-hybridized carbons (Fsp3) is 0.0286. The molecule has 0 fully saturated rings. The van der Waals surface area contributed by atoms with Gasteiger partial charge in [-0.15, -0.1) is 0 Å². The van der Waals surface area contributed by atoms with Crippen LogP contribution in [0.2, 0.25) is 0 Å². The van der Waals surface area contributed by atoms with Crippen LogP contribution in [0, 0.1) is 5.41 Å². The van der Waals surface area contributed by atoms with E-state index in [1.807, 2.05) is 85.8 Å². The molecule has 4 heteroatoms. The van der Waals surface area contributed by atoms with Crippen molar-refractivity contribution in [3.63, 3.8) is 0 Å². The quantitative estimate of drug-likeness (QED) is 0.232. The van der Waals surface area contributed by atoms with Crippen molar-refractivity contribution in [3.8, 4) is 45.3 Å². The van der Waals surface area contributed by atoms with Crippen molar-refractivity contribution >= 4 is 16.5 Å². The summed E-state index contributed by atoms with van der Waals surface area (Å²) in [6.45, 7) is 1.92. The van der Waals surface area contributed by atoms with E-state index >= 15 is 0 Å². The third kappa shape index (κ3) is 4.88. The summed E-state index contributed by atoms with van der Waals surface area (Å²) in [5.74, 6) is 1.89. The van der Waals surface area contributed by atoms with E-state index in [1.165, 1.54) is 0 Å². The zero-order chi connectivity index (χ0) is 26.6. The highest BCUT2D eigenvalue weighted by Gasteiger charge is 2.18. The van der Waals surface area contributed by atoms with Crippen LogP contribution < -0.4 is 0 Å². The van der Waals surface area contributed by atoms with Gasteiger partial charge in [0, 0.05) is 22.3 Å². The van der Waals surface area contributed by atoms with E-state index < -0.39 is 0 Å². The van der Waals surface area contributed by atoms with Crippen molar-refractivity contribution in [1.82, 2.24) is 15.0 Å². The molecule has 1 aromatic heterocycles. The molecule has 0 unspecified atom stereocenters. The Kier molecular flexibility index (Phi) is 6.59. The van der Waals surface area contributed by atoms with Crippen LogP contribution in [0.3, 0.4) is 0 Å². The third-order valence-electron chi connectivity index (χ3n) is 6.69. The summed E-state index contributed by atoms with van der Waals surface area (Å²) in [7, 11) is 0. The number of nitrogens with zero attached hydrogens (tertiary/aromatic N) is 3. The van der Waals surface area contributed by atoms with Gasteiger partial charge in [0.25, 0.3) is 0 Å². The first kappa shape index (κ1) is 24.1. The fourth-order valence-corrected chi connectivity index (χ4v) is 4.78. The summed E-state index contributed by atoms with van der Waals surface area (Å²) in [6, 6.07) is 40.8. The van der Waals surface area contributed by atoms with E-state index in [-0.39, 0.29) is 0 Å². The van der Waals surface area contributed by atoms with Gasteiger partial charge in [0.05, 0.1) is 5.71 Å². The Morgan fingerprint density at radius 2 is 1.13 bits per heavy atom. The number of rotatable bonds is 6. The molecule has 0 radical (unpaired) electrons. The highest BCUT2D eigenvalue weighted by molar-refractivity contribution is 6.07. The van der Waals surface area contributed by atoms with Crippen molar-refractivity contribution in [2.75, 3.05) is 0 Å². The van der Waals surface area contributed by atoms with Gasteiger partial charge in [0.15, 0.2) is 17.5 Å². The second-order valence-corrected chi connectivity index (χ2v) is 9.24. The second kappa shape index (κ2) is 10.6. The lowest BCUT2D eigenvalue weighted by molar-refractivity contribution is 1.07. The Labute approximate surface area is 227 Å². The molecule has 0 atom stereocenters. The van der Waals surface area contributed by atoms with Gasteiger partial charge in [0.1, 0.15) is 0 Å². The van der Waals surface area contributed by atoms with Crippen LogP contribution in [-0.4, -0.2) is 20.7 Å².